The molecule has 1 saturated heterocycles. The third-order valence-corrected chi connectivity index (χ3v) is 5.17. The van der Waals surface area contributed by atoms with E-state index in [2.05, 4.69) is 9.55 Å². The van der Waals surface area contributed by atoms with E-state index in [0.717, 1.165) is 22.9 Å². The first-order valence-corrected chi connectivity index (χ1v) is 9.47. The van der Waals surface area contributed by atoms with E-state index in [0.29, 0.717) is 24.7 Å². The van der Waals surface area contributed by atoms with E-state index >= 15 is 0 Å². The number of imidazole rings is 1. The van der Waals surface area contributed by atoms with Gasteiger partial charge in [-0.15, -0.1) is 0 Å². The number of piperazine rings is 1. The summed E-state index contributed by atoms with van der Waals surface area (Å²) in [6.45, 7) is 2.21. The van der Waals surface area contributed by atoms with Crippen LogP contribution in [-0.4, -0.2) is 42.2 Å². The molecule has 0 unspecified atom stereocenters. The van der Waals surface area contributed by atoms with Gasteiger partial charge in [0.25, 0.3) is 0 Å². The van der Waals surface area contributed by atoms with Gasteiger partial charge in [-0.2, -0.15) is 0 Å². The van der Waals surface area contributed by atoms with Gasteiger partial charge in [0.1, 0.15) is 12.3 Å². The Kier molecular flexibility index (Phi) is 5.21. The van der Waals surface area contributed by atoms with E-state index in [1.54, 1.807) is 24.3 Å². The maximum Gasteiger partial charge on any atom is 0.246 e. The van der Waals surface area contributed by atoms with E-state index < -0.39 is 0 Å². The van der Waals surface area contributed by atoms with Gasteiger partial charge in [-0.1, -0.05) is 35.9 Å². The van der Waals surface area contributed by atoms with Crippen LogP contribution in [-0.2, 0) is 11.3 Å². The average molecular weight is 397 g/mol. The van der Waals surface area contributed by atoms with Gasteiger partial charge in [0.05, 0.1) is 24.4 Å². The molecule has 4 rings (SSSR count). The summed E-state index contributed by atoms with van der Waals surface area (Å²) in [5.41, 5.74) is 1.90. The zero-order valence-corrected chi connectivity index (χ0v) is 16.3. The number of hydrogen-bond acceptors (Lipinski definition) is 4. The molecule has 0 aliphatic carbocycles. The van der Waals surface area contributed by atoms with Crippen molar-refractivity contribution in [2.75, 3.05) is 36.5 Å². The molecule has 1 fully saturated rings. The minimum atomic E-state index is 0.0124. The monoisotopic (exact) mass is 396 g/mol. The van der Waals surface area contributed by atoms with E-state index in [4.69, 9.17) is 16.3 Å². The van der Waals surface area contributed by atoms with Crippen LogP contribution in [0.1, 0.15) is 5.56 Å². The zero-order chi connectivity index (χ0) is 19.5. The molecule has 1 aliphatic heterocycles. The number of carbonyl (C=O) groups excluding carboxylic acids is 1. The number of anilines is 2. The molecule has 6 nitrogen and oxygen atoms in total. The maximum absolute atomic E-state index is 12.8. The fourth-order valence-electron chi connectivity index (χ4n) is 3.40. The molecule has 144 valence electrons. The largest absolute Gasteiger partial charge is 0.497 e. The molecular weight excluding hydrogens is 376 g/mol. The van der Waals surface area contributed by atoms with Gasteiger partial charge in [-0.25, -0.2) is 4.98 Å². The quantitative estimate of drug-likeness (QED) is 0.662. The first kappa shape index (κ1) is 18.4. The Labute approximate surface area is 168 Å². The molecule has 1 aliphatic rings. The lowest BCUT2D eigenvalue weighted by molar-refractivity contribution is -0.117. The van der Waals surface area contributed by atoms with Crippen LogP contribution in [0.2, 0.25) is 5.02 Å². The van der Waals surface area contributed by atoms with Crippen molar-refractivity contribution < 1.29 is 9.53 Å². The molecule has 1 amide bonds. The van der Waals surface area contributed by atoms with E-state index in [9.17, 15) is 4.79 Å². The maximum atomic E-state index is 12.8. The molecule has 3 aromatic rings. The molecule has 0 radical (unpaired) electrons. The zero-order valence-electron chi connectivity index (χ0n) is 15.6. The highest BCUT2D eigenvalue weighted by molar-refractivity contribution is 6.33. The fourth-order valence-corrected chi connectivity index (χ4v) is 3.64. The van der Waals surface area contributed by atoms with Crippen molar-refractivity contribution in [2.45, 2.75) is 6.54 Å². The highest BCUT2D eigenvalue weighted by atomic mass is 35.5. The number of para-hydroxylation sites is 1. The number of halogens is 1. The molecule has 2 heterocycles. The van der Waals surface area contributed by atoms with Crippen LogP contribution < -0.4 is 14.5 Å². The highest BCUT2D eigenvalue weighted by Gasteiger charge is 2.28. The Morgan fingerprint density at radius 2 is 1.89 bits per heavy atom. The SMILES string of the molecule is COc1ccc(Cn2ccnc2N2CCN(c3ccccc3Cl)C(=O)C2)cc1. The van der Waals surface area contributed by atoms with Crippen molar-refractivity contribution >= 4 is 29.1 Å². The van der Waals surface area contributed by atoms with Gasteiger partial charge in [-0.05, 0) is 29.8 Å². The Morgan fingerprint density at radius 1 is 1.11 bits per heavy atom. The molecule has 1 aromatic heterocycles. The number of amides is 1. The summed E-state index contributed by atoms with van der Waals surface area (Å²) >= 11 is 6.26. The Bertz CT molecular complexity index is 971. The van der Waals surface area contributed by atoms with Crippen LogP contribution in [0.15, 0.2) is 60.9 Å². The normalized spacial score (nSPS) is 14.4. The number of nitrogens with zero attached hydrogens (tertiary/aromatic N) is 4. The van der Waals surface area contributed by atoms with E-state index in [1.165, 1.54) is 0 Å². The molecular formula is C21H21ClN4O2. The number of hydrogen-bond donors (Lipinski definition) is 0. The van der Waals surface area contributed by atoms with Crippen LogP contribution in [0.5, 0.6) is 5.75 Å². The second-order valence-corrected chi connectivity index (χ2v) is 7.03. The second-order valence-electron chi connectivity index (χ2n) is 6.62. The van der Waals surface area contributed by atoms with Crippen LogP contribution in [0.4, 0.5) is 11.6 Å². The number of aromatic nitrogens is 2. The van der Waals surface area contributed by atoms with Crippen LogP contribution in [0.3, 0.4) is 0 Å². The van der Waals surface area contributed by atoms with Gasteiger partial charge >= 0.3 is 0 Å². The van der Waals surface area contributed by atoms with Crippen molar-refractivity contribution in [3.8, 4) is 5.75 Å². The van der Waals surface area contributed by atoms with Crippen LogP contribution in [0.25, 0.3) is 0 Å². The number of carbonyl (C=O) groups is 1. The Morgan fingerprint density at radius 3 is 2.61 bits per heavy atom. The first-order chi connectivity index (χ1) is 13.7. The van der Waals surface area contributed by atoms with Gasteiger partial charge in [0.2, 0.25) is 11.9 Å². The number of rotatable bonds is 5. The van der Waals surface area contributed by atoms with Crippen molar-refractivity contribution in [3.63, 3.8) is 0 Å². The van der Waals surface area contributed by atoms with Gasteiger partial charge in [0.15, 0.2) is 0 Å². The lowest BCUT2D eigenvalue weighted by atomic mass is 10.2. The summed E-state index contributed by atoms with van der Waals surface area (Å²) in [6, 6.07) is 15.4. The number of benzene rings is 2. The molecule has 0 atom stereocenters. The smallest absolute Gasteiger partial charge is 0.246 e. The molecule has 7 heteroatoms. The van der Waals surface area contributed by atoms with Crippen molar-refractivity contribution in [2.24, 2.45) is 0 Å². The summed E-state index contributed by atoms with van der Waals surface area (Å²) < 4.78 is 7.27. The number of methoxy groups -OCH3 is 1. The highest BCUT2D eigenvalue weighted by Crippen LogP contribution is 2.27. The lowest BCUT2D eigenvalue weighted by Gasteiger charge is -2.35. The van der Waals surface area contributed by atoms with E-state index in [1.807, 2.05) is 53.6 Å². The van der Waals surface area contributed by atoms with Crippen LogP contribution >= 0.6 is 11.6 Å². The first-order valence-electron chi connectivity index (χ1n) is 9.09. The second kappa shape index (κ2) is 7.94. The van der Waals surface area contributed by atoms with Gasteiger partial charge < -0.3 is 19.1 Å². The predicted octanol–water partition coefficient (Wildman–Crippen LogP) is 3.45. The summed E-state index contributed by atoms with van der Waals surface area (Å²) in [7, 11) is 1.66. The Balaban J connectivity index is 1.48. The standard InChI is InChI=1S/C21H21ClN4O2/c1-28-17-8-6-16(7-9-17)14-24-11-10-23-21(24)25-12-13-26(20(27)15-25)19-5-3-2-4-18(19)22/h2-11H,12-15H2,1H3. The minimum Gasteiger partial charge on any atom is -0.497 e. The van der Waals surface area contributed by atoms with Crippen molar-refractivity contribution in [1.82, 2.24) is 9.55 Å². The van der Waals surface area contributed by atoms with Gasteiger partial charge in [0, 0.05) is 25.5 Å². The summed E-state index contributed by atoms with van der Waals surface area (Å²) in [5.74, 6) is 1.64. The summed E-state index contributed by atoms with van der Waals surface area (Å²) in [6.07, 6.45) is 3.70. The summed E-state index contributed by atoms with van der Waals surface area (Å²) in [4.78, 5) is 21.0. The summed E-state index contributed by atoms with van der Waals surface area (Å²) in [5, 5.41) is 0.588. The predicted molar refractivity (Wildman–Crippen MR) is 110 cm³/mol. The third kappa shape index (κ3) is 3.68. The third-order valence-electron chi connectivity index (χ3n) is 4.85. The molecule has 0 bridgehead atoms. The molecule has 0 N–H and O–H groups in total. The van der Waals surface area contributed by atoms with Gasteiger partial charge in [-0.3, -0.25) is 4.79 Å². The molecule has 28 heavy (non-hydrogen) atoms. The molecule has 2 aromatic carbocycles. The Hall–Kier alpha value is -2.99. The molecule has 0 spiro atoms. The van der Waals surface area contributed by atoms with Crippen molar-refractivity contribution in [1.29, 1.82) is 0 Å². The topological polar surface area (TPSA) is 50.6 Å². The lowest BCUT2D eigenvalue weighted by Crippen LogP contribution is -2.51. The molecule has 0 saturated carbocycles. The minimum absolute atomic E-state index is 0.0124. The fraction of sp³-hybridized carbons (Fsp3) is 0.238. The average Bonchev–Trinajstić information content (AvgIpc) is 3.17. The van der Waals surface area contributed by atoms with E-state index in [-0.39, 0.29) is 12.5 Å². The van der Waals surface area contributed by atoms with Crippen molar-refractivity contribution in [3.05, 3.63) is 71.5 Å². The number of ether oxygens (including phenoxy) is 1. The van der Waals surface area contributed by atoms with Crippen LogP contribution in [0, 0.1) is 0 Å².